The van der Waals surface area contributed by atoms with Crippen LogP contribution in [0.5, 0.6) is 0 Å². The van der Waals surface area contributed by atoms with Gasteiger partial charge in [0, 0.05) is 18.0 Å². The van der Waals surface area contributed by atoms with Crippen molar-refractivity contribution in [2.24, 2.45) is 5.92 Å². The molecule has 10 heteroatoms. The lowest BCUT2D eigenvalue weighted by molar-refractivity contribution is -0.141. The van der Waals surface area contributed by atoms with E-state index in [-0.39, 0.29) is 23.9 Å². The Bertz CT molecular complexity index is 1230. The average molecular weight is 567 g/mol. The number of Topliss-reactive ketones (excluding diaryl/α,β-unsaturated/α-hetero) is 1. The fraction of sp³-hybridized carbons (Fsp3) is 0.452. The van der Waals surface area contributed by atoms with Crippen molar-refractivity contribution in [2.45, 2.75) is 83.5 Å². The van der Waals surface area contributed by atoms with Crippen LogP contribution in [-0.4, -0.2) is 53.6 Å². The molecule has 2 aromatic carbocycles. The average Bonchev–Trinajstić information content (AvgIpc) is 2.96. The first-order valence-electron chi connectivity index (χ1n) is 14.1. The van der Waals surface area contributed by atoms with Gasteiger partial charge in [0.1, 0.15) is 17.9 Å². The lowest BCUT2D eigenvalue weighted by Gasteiger charge is -2.26. The number of rotatable bonds is 12. The van der Waals surface area contributed by atoms with Gasteiger partial charge in [-0.2, -0.15) is 0 Å². The summed E-state index contributed by atoms with van der Waals surface area (Å²) in [6.45, 7) is 4.85. The van der Waals surface area contributed by atoms with Gasteiger partial charge in [-0.3, -0.25) is 24.0 Å². The maximum Gasteiger partial charge on any atom is 0.289 e. The third kappa shape index (κ3) is 9.23. The molecule has 9 nitrogen and oxygen atoms in total. The monoisotopic (exact) mass is 566 g/mol. The largest absolute Gasteiger partial charge is 0.347 e. The Labute approximate surface area is 240 Å². The van der Waals surface area contributed by atoms with E-state index in [0.717, 1.165) is 32.1 Å². The molecule has 41 heavy (non-hydrogen) atoms. The Morgan fingerprint density at radius 2 is 1.44 bits per heavy atom. The number of carbonyl (C=O) groups is 5. The molecular formula is C31H39FN4O5. The standard InChI is InChI=1S/C31H39FN4O5/c1-19(2)26(27(37)31(41)34-23-15-8-5-9-16-23)36-28(38)20(3)33-30(40)25(18-22-14-10-11-17-24(22)32)35-29(39)21-12-6-4-7-13-21/h4,6-7,10-14,17,19-20,23,25-26H,5,8-9,15-16,18H2,1-3H3,(H,33,40)(H,34,41)(H,35,39)(H,36,38). The van der Waals surface area contributed by atoms with Crippen molar-refractivity contribution < 1.29 is 28.4 Å². The van der Waals surface area contributed by atoms with Gasteiger partial charge in [0.05, 0.1) is 6.04 Å². The number of amides is 4. The topological polar surface area (TPSA) is 133 Å². The van der Waals surface area contributed by atoms with E-state index in [1.807, 2.05) is 0 Å². The number of ketones is 1. The van der Waals surface area contributed by atoms with Crippen LogP contribution in [0.25, 0.3) is 0 Å². The Morgan fingerprint density at radius 3 is 2.07 bits per heavy atom. The molecule has 1 fully saturated rings. The van der Waals surface area contributed by atoms with Crippen LogP contribution < -0.4 is 21.3 Å². The molecule has 4 N–H and O–H groups in total. The van der Waals surface area contributed by atoms with Crippen molar-refractivity contribution in [3.8, 4) is 0 Å². The summed E-state index contributed by atoms with van der Waals surface area (Å²) in [6.07, 6.45) is 4.56. The SMILES string of the molecule is CC(NC(=O)C(Cc1ccccc1F)NC(=O)c1ccccc1)C(=O)NC(C(=O)C(=O)NC1CCCCC1)C(C)C. The first-order valence-corrected chi connectivity index (χ1v) is 14.1. The van der Waals surface area contributed by atoms with Gasteiger partial charge in [-0.1, -0.05) is 69.5 Å². The van der Waals surface area contributed by atoms with Crippen LogP contribution in [0.3, 0.4) is 0 Å². The summed E-state index contributed by atoms with van der Waals surface area (Å²) >= 11 is 0. The molecule has 1 saturated carbocycles. The van der Waals surface area contributed by atoms with Crippen molar-refractivity contribution in [3.05, 3.63) is 71.5 Å². The second kappa shape index (κ2) is 15.1. The highest BCUT2D eigenvalue weighted by molar-refractivity contribution is 6.38. The van der Waals surface area contributed by atoms with E-state index in [1.54, 1.807) is 50.2 Å². The summed E-state index contributed by atoms with van der Waals surface area (Å²) in [6, 6.07) is 10.7. The maximum absolute atomic E-state index is 14.4. The van der Waals surface area contributed by atoms with Crippen molar-refractivity contribution >= 4 is 29.4 Å². The van der Waals surface area contributed by atoms with Gasteiger partial charge in [0.15, 0.2) is 0 Å². The van der Waals surface area contributed by atoms with E-state index in [2.05, 4.69) is 21.3 Å². The van der Waals surface area contributed by atoms with E-state index in [0.29, 0.717) is 5.56 Å². The molecule has 2 aromatic rings. The molecular weight excluding hydrogens is 527 g/mol. The molecule has 0 aromatic heterocycles. The Hall–Kier alpha value is -4.08. The third-order valence-corrected chi connectivity index (χ3v) is 7.20. The number of benzene rings is 2. The molecule has 0 spiro atoms. The molecule has 220 valence electrons. The van der Waals surface area contributed by atoms with E-state index in [1.165, 1.54) is 25.1 Å². The van der Waals surface area contributed by atoms with E-state index < -0.39 is 53.4 Å². The smallest absolute Gasteiger partial charge is 0.289 e. The fourth-order valence-electron chi connectivity index (χ4n) is 4.76. The van der Waals surface area contributed by atoms with E-state index in [9.17, 15) is 28.4 Å². The molecule has 0 saturated heterocycles. The molecule has 1 aliphatic rings. The van der Waals surface area contributed by atoms with Gasteiger partial charge in [0.25, 0.3) is 11.8 Å². The van der Waals surface area contributed by atoms with Crippen LogP contribution in [0.2, 0.25) is 0 Å². The molecule has 3 unspecified atom stereocenters. The van der Waals surface area contributed by atoms with E-state index in [4.69, 9.17) is 0 Å². The Balaban J connectivity index is 1.67. The van der Waals surface area contributed by atoms with Gasteiger partial charge < -0.3 is 21.3 Å². The predicted molar refractivity (Wildman–Crippen MR) is 152 cm³/mol. The van der Waals surface area contributed by atoms with Crippen LogP contribution in [0.1, 0.15) is 68.8 Å². The molecule has 4 amide bonds. The van der Waals surface area contributed by atoms with Crippen molar-refractivity contribution in [1.82, 2.24) is 21.3 Å². The molecule has 0 radical (unpaired) electrons. The maximum atomic E-state index is 14.4. The van der Waals surface area contributed by atoms with Crippen LogP contribution in [0, 0.1) is 11.7 Å². The minimum absolute atomic E-state index is 0.0561. The number of carbonyl (C=O) groups excluding carboxylic acids is 5. The zero-order valence-electron chi connectivity index (χ0n) is 23.7. The van der Waals surface area contributed by atoms with Gasteiger partial charge in [-0.05, 0) is 49.4 Å². The lowest BCUT2D eigenvalue weighted by atomic mass is 9.94. The van der Waals surface area contributed by atoms with Crippen molar-refractivity contribution in [2.75, 3.05) is 0 Å². The second-order valence-electron chi connectivity index (χ2n) is 10.8. The Kier molecular flexibility index (Phi) is 11.6. The molecule has 0 aliphatic heterocycles. The van der Waals surface area contributed by atoms with Gasteiger partial charge in [0.2, 0.25) is 17.6 Å². The van der Waals surface area contributed by atoms with Crippen molar-refractivity contribution in [1.29, 1.82) is 0 Å². The summed E-state index contributed by atoms with van der Waals surface area (Å²) in [7, 11) is 0. The lowest BCUT2D eigenvalue weighted by Crippen LogP contribution is -2.57. The number of hydrogen-bond donors (Lipinski definition) is 4. The zero-order chi connectivity index (χ0) is 29.9. The molecule has 1 aliphatic carbocycles. The summed E-state index contributed by atoms with van der Waals surface area (Å²) in [4.78, 5) is 64.7. The first kappa shape index (κ1) is 31.4. The van der Waals surface area contributed by atoms with Crippen LogP contribution in [-0.2, 0) is 25.6 Å². The van der Waals surface area contributed by atoms with Gasteiger partial charge in [-0.25, -0.2) is 4.39 Å². The van der Waals surface area contributed by atoms with Crippen LogP contribution in [0.4, 0.5) is 4.39 Å². The quantitative estimate of drug-likeness (QED) is 0.293. The summed E-state index contributed by atoms with van der Waals surface area (Å²) in [5, 5.41) is 10.6. The third-order valence-electron chi connectivity index (χ3n) is 7.20. The van der Waals surface area contributed by atoms with Gasteiger partial charge in [-0.15, -0.1) is 0 Å². The van der Waals surface area contributed by atoms with Crippen molar-refractivity contribution in [3.63, 3.8) is 0 Å². The molecule has 3 atom stereocenters. The van der Waals surface area contributed by atoms with Crippen LogP contribution in [0.15, 0.2) is 54.6 Å². The summed E-state index contributed by atoms with van der Waals surface area (Å²) < 4.78 is 14.4. The highest BCUT2D eigenvalue weighted by Crippen LogP contribution is 2.17. The summed E-state index contributed by atoms with van der Waals surface area (Å²) in [5.41, 5.74) is 0.530. The normalized spacial score (nSPS) is 15.7. The number of hydrogen-bond acceptors (Lipinski definition) is 5. The second-order valence-corrected chi connectivity index (χ2v) is 10.8. The zero-order valence-corrected chi connectivity index (χ0v) is 23.7. The molecule has 3 rings (SSSR count). The summed E-state index contributed by atoms with van der Waals surface area (Å²) in [5.74, 6) is -4.31. The highest BCUT2D eigenvalue weighted by atomic mass is 19.1. The highest BCUT2D eigenvalue weighted by Gasteiger charge is 2.33. The van der Waals surface area contributed by atoms with E-state index >= 15 is 0 Å². The molecule has 0 heterocycles. The Morgan fingerprint density at radius 1 is 0.805 bits per heavy atom. The first-order chi connectivity index (χ1) is 19.6. The number of nitrogens with one attached hydrogen (secondary N) is 4. The fourth-order valence-corrected chi connectivity index (χ4v) is 4.76. The minimum Gasteiger partial charge on any atom is -0.347 e. The minimum atomic E-state index is -1.20. The predicted octanol–water partition coefficient (Wildman–Crippen LogP) is 2.83. The number of halogens is 1. The van der Waals surface area contributed by atoms with Gasteiger partial charge >= 0.3 is 0 Å². The molecule has 0 bridgehead atoms. The van der Waals surface area contributed by atoms with Crippen LogP contribution >= 0.6 is 0 Å².